The van der Waals surface area contributed by atoms with E-state index in [-0.39, 0.29) is 24.7 Å². The van der Waals surface area contributed by atoms with Crippen molar-refractivity contribution in [2.45, 2.75) is 19.8 Å². The molecule has 0 saturated heterocycles. The summed E-state index contributed by atoms with van der Waals surface area (Å²) < 4.78 is 20.8. The molecule has 1 aliphatic rings. The monoisotopic (exact) mass is 386 g/mol. The van der Waals surface area contributed by atoms with Gasteiger partial charge in [0.1, 0.15) is 25.0 Å². The summed E-state index contributed by atoms with van der Waals surface area (Å²) in [5.74, 6) is -0.267. The molecule has 0 amide bonds. The number of fused-ring (bicyclic) bond motifs is 1. The summed E-state index contributed by atoms with van der Waals surface area (Å²) in [7, 11) is 1.54. The van der Waals surface area contributed by atoms with Gasteiger partial charge >= 0.3 is 11.9 Å². The van der Waals surface area contributed by atoms with Gasteiger partial charge < -0.3 is 23.8 Å². The molecule has 1 heterocycles. The molecule has 8 nitrogen and oxygen atoms in total. The fourth-order valence-electron chi connectivity index (χ4n) is 2.51. The molecule has 2 rings (SSSR count). The van der Waals surface area contributed by atoms with Crippen molar-refractivity contribution in [3.8, 4) is 17.6 Å². The Hall–Kier alpha value is -3.47. The van der Waals surface area contributed by atoms with E-state index < -0.39 is 11.9 Å². The van der Waals surface area contributed by atoms with Gasteiger partial charge in [-0.25, -0.2) is 9.59 Å². The lowest BCUT2D eigenvalue weighted by Gasteiger charge is -2.18. The SMILES string of the molecule is C=CC(=O)OCCOC(=O)/C(C#N)=C1\Oc2cc(OC)ccc2N1CCCC. The van der Waals surface area contributed by atoms with Crippen molar-refractivity contribution in [3.05, 3.63) is 42.3 Å². The van der Waals surface area contributed by atoms with E-state index in [1.165, 1.54) is 0 Å². The normalized spacial score (nSPS) is 13.7. The van der Waals surface area contributed by atoms with Gasteiger partial charge in [-0.05, 0) is 18.6 Å². The number of unbranched alkanes of at least 4 members (excludes halogenated alkanes) is 1. The van der Waals surface area contributed by atoms with E-state index in [9.17, 15) is 14.9 Å². The number of nitrogens with zero attached hydrogens (tertiary/aromatic N) is 2. The Morgan fingerprint density at radius 3 is 2.71 bits per heavy atom. The number of methoxy groups -OCH3 is 1. The lowest BCUT2D eigenvalue weighted by Crippen LogP contribution is -2.26. The van der Waals surface area contributed by atoms with E-state index in [1.54, 1.807) is 24.1 Å². The molecule has 0 atom stereocenters. The summed E-state index contributed by atoms with van der Waals surface area (Å²) in [4.78, 5) is 25.1. The lowest BCUT2D eigenvalue weighted by atomic mass is 10.2. The first-order valence-electron chi connectivity index (χ1n) is 8.79. The second kappa shape index (κ2) is 10.0. The molecule has 28 heavy (non-hydrogen) atoms. The molecular weight excluding hydrogens is 364 g/mol. The third-order valence-electron chi connectivity index (χ3n) is 3.90. The van der Waals surface area contributed by atoms with E-state index in [4.69, 9.17) is 18.9 Å². The van der Waals surface area contributed by atoms with Gasteiger partial charge in [-0.2, -0.15) is 5.26 Å². The Kier molecular flexibility index (Phi) is 7.45. The average molecular weight is 386 g/mol. The van der Waals surface area contributed by atoms with Crippen molar-refractivity contribution < 1.29 is 28.5 Å². The van der Waals surface area contributed by atoms with Gasteiger partial charge in [-0.15, -0.1) is 0 Å². The molecule has 0 aliphatic carbocycles. The number of benzene rings is 1. The van der Waals surface area contributed by atoms with Gasteiger partial charge in [-0.3, -0.25) is 0 Å². The maximum atomic E-state index is 12.4. The fourth-order valence-corrected chi connectivity index (χ4v) is 2.51. The average Bonchev–Trinajstić information content (AvgIpc) is 3.06. The number of hydrogen-bond acceptors (Lipinski definition) is 8. The van der Waals surface area contributed by atoms with E-state index >= 15 is 0 Å². The molecule has 8 heteroatoms. The summed E-state index contributed by atoms with van der Waals surface area (Å²) in [6.07, 6.45) is 2.77. The molecule has 0 aromatic heterocycles. The minimum atomic E-state index is -0.853. The molecule has 1 aliphatic heterocycles. The highest BCUT2D eigenvalue weighted by Gasteiger charge is 2.32. The first kappa shape index (κ1) is 20.8. The highest BCUT2D eigenvalue weighted by molar-refractivity contribution is 5.95. The molecule has 1 aromatic rings. The second-order valence-electron chi connectivity index (χ2n) is 5.74. The Balaban J connectivity index is 2.22. The smallest absolute Gasteiger partial charge is 0.354 e. The van der Waals surface area contributed by atoms with Crippen LogP contribution in [-0.2, 0) is 19.1 Å². The van der Waals surface area contributed by atoms with Crippen LogP contribution < -0.4 is 14.4 Å². The van der Waals surface area contributed by atoms with Crippen molar-refractivity contribution in [2.75, 3.05) is 31.8 Å². The minimum Gasteiger partial charge on any atom is -0.497 e. The Labute approximate surface area is 163 Å². The molecule has 0 N–H and O–H groups in total. The fraction of sp³-hybridized carbons (Fsp3) is 0.350. The topological polar surface area (TPSA) is 98.1 Å². The number of hydrogen-bond donors (Lipinski definition) is 0. The number of nitriles is 1. The first-order valence-corrected chi connectivity index (χ1v) is 8.79. The second-order valence-corrected chi connectivity index (χ2v) is 5.74. The molecule has 1 aromatic carbocycles. The van der Waals surface area contributed by atoms with Crippen molar-refractivity contribution >= 4 is 17.6 Å². The van der Waals surface area contributed by atoms with E-state index in [2.05, 4.69) is 6.58 Å². The Morgan fingerprint density at radius 1 is 1.32 bits per heavy atom. The number of carbonyl (C=O) groups excluding carboxylic acids is 2. The largest absolute Gasteiger partial charge is 0.497 e. The number of rotatable bonds is 9. The van der Waals surface area contributed by atoms with Gasteiger partial charge in [0.25, 0.3) is 0 Å². The molecule has 0 radical (unpaired) electrons. The van der Waals surface area contributed by atoms with E-state index in [1.807, 2.05) is 19.1 Å². The minimum absolute atomic E-state index is 0.118. The summed E-state index contributed by atoms with van der Waals surface area (Å²) in [6, 6.07) is 7.14. The number of carbonyl (C=O) groups is 2. The number of esters is 2. The zero-order valence-corrected chi connectivity index (χ0v) is 15.9. The molecule has 0 unspecified atom stereocenters. The maximum Gasteiger partial charge on any atom is 0.354 e. The predicted molar refractivity (Wildman–Crippen MR) is 101 cm³/mol. The zero-order valence-electron chi connectivity index (χ0n) is 15.9. The molecule has 0 saturated carbocycles. The van der Waals surface area contributed by atoms with Crippen LogP contribution in [0.15, 0.2) is 42.3 Å². The van der Waals surface area contributed by atoms with Crippen LogP contribution in [0.5, 0.6) is 11.5 Å². The predicted octanol–water partition coefficient (Wildman–Crippen LogP) is 2.70. The summed E-state index contributed by atoms with van der Waals surface area (Å²) >= 11 is 0. The third-order valence-corrected chi connectivity index (χ3v) is 3.90. The highest BCUT2D eigenvalue weighted by Crippen LogP contribution is 2.42. The van der Waals surface area contributed by atoms with Gasteiger partial charge in [-0.1, -0.05) is 19.9 Å². The Morgan fingerprint density at radius 2 is 2.07 bits per heavy atom. The van der Waals surface area contributed by atoms with Crippen LogP contribution >= 0.6 is 0 Å². The standard InChI is InChI=1S/C20H22N2O6/c1-4-6-9-22-16-8-7-14(25-3)12-17(16)28-19(22)15(13-21)20(24)27-11-10-26-18(23)5-2/h5,7-8,12H,2,4,6,9-11H2,1,3H3/b19-15-. The number of anilines is 1. The van der Waals surface area contributed by atoms with Crippen LogP contribution in [-0.4, -0.2) is 38.8 Å². The lowest BCUT2D eigenvalue weighted by molar-refractivity contribution is -0.146. The van der Waals surface area contributed by atoms with Crippen LogP contribution in [0.3, 0.4) is 0 Å². The molecule has 148 valence electrons. The van der Waals surface area contributed by atoms with E-state index in [0.29, 0.717) is 18.0 Å². The van der Waals surface area contributed by atoms with Crippen molar-refractivity contribution in [1.82, 2.24) is 0 Å². The van der Waals surface area contributed by atoms with Crippen LogP contribution in [0.25, 0.3) is 0 Å². The van der Waals surface area contributed by atoms with Gasteiger partial charge in [0.05, 0.1) is 12.8 Å². The van der Waals surface area contributed by atoms with Gasteiger partial charge in [0.2, 0.25) is 5.88 Å². The quantitative estimate of drug-likeness (QED) is 0.276. The van der Waals surface area contributed by atoms with Crippen LogP contribution in [0.2, 0.25) is 0 Å². The van der Waals surface area contributed by atoms with Crippen molar-refractivity contribution in [3.63, 3.8) is 0 Å². The Bertz CT molecular complexity index is 824. The van der Waals surface area contributed by atoms with Crippen molar-refractivity contribution in [1.29, 1.82) is 5.26 Å². The van der Waals surface area contributed by atoms with E-state index in [0.717, 1.165) is 24.6 Å². The van der Waals surface area contributed by atoms with Crippen molar-refractivity contribution in [2.24, 2.45) is 0 Å². The summed E-state index contributed by atoms with van der Waals surface area (Å²) in [5, 5.41) is 9.52. The molecule has 0 fully saturated rings. The van der Waals surface area contributed by atoms with Gasteiger partial charge in [0.15, 0.2) is 11.3 Å². The number of ether oxygens (including phenoxy) is 4. The first-order chi connectivity index (χ1) is 13.5. The van der Waals surface area contributed by atoms with Crippen LogP contribution in [0.4, 0.5) is 5.69 Å². The third kappa shape index (κ3) is 4.82. The van der Waals surface area contributed by atoms with Crippen LogP contribution in [0, 0.1) is 11.3 Å². The molecular formula is C20H22N2O6. The molecule has 0 bridgehead atoms. The zero-order chi connectivity index (χ0) is 20.5. The molecule has 0 spiro atoms. The highest BCUT2D eigenvalue weighted by atomic mass is 16.6. The van der Waals surface area contributed by atoms with Gasteiger partial charge in [0, 0.05) is 18.7 Å². The summed E-state index contributed by atoms with van der Waals surface area (Å²) in [6.45, 7) is 5.56. The maximum absolute atomic E-state index is 12.4. The van der Waals surface area contributed by atoms with Crippen LogP contribution in [0.1, 0.15) is 19.8 Å². The summed E-state index contributed by atoms with van der Waals surface area (Å²) in [5.41, 5.74) is 0.478.